The number of carbonyl (C=O) groups excluding carboxylic acids is 1. The summed E-state index contributed by atoms with van der Waals surface area (Å²) in [7, 11) is 0. The van der Waals surface area contributed by atoms with Crippen molar-refractivity contribution in [3.8, 4) is 0 Å². The van der Waals surface area contributed by atoms with Crippen molar-refractivity contribution in [2.24, 2.45) is 0 Å². The monoisotopic (exact) mass is 292 g/mol. The topological polar surface area (TPSA) is 42.0 Å². The van der Waals surface area contributed by atoms with E-state index in [9.17, 15) is 4.79 Å². The summed E-state index contributed by atoms with van der Waals surface area (Å²) in [6.07, 6.45) is 3.54. The van der Waals surface area contributed by atoms with Crippen LogP contribution in [0.25, 0.3) is 0 Å². The third-order valence-corrected chi connectivity index (χ3v) is 3.88. The van der Waals surface area contributed by atoms with Crippen molar-refractivity contribution >= 4 is 21.1 Å². The molecule has 1 aromatic heterocycles. The molecule has 17 heavy (non-hydrogen) atoms. The number of nitrogens with zero attached hydrogens (tertiary/aromatic N) is 1. The minimum absolute atomic E-state index is 0.000318. The van der Waals surface area contributed by atoms with Crippen molar-refractivity contribution in [1.29, 1.82) is 0 Å². The molecule has 0 saturated heterocycles. The van der Waals surface area contributed by atoms with E-state index in [0.29, 0.717) is 5.56 Å². The van der Waals surface area contributed by atoms with Gasteiger partial charge in [-0.1, -0.05) is 0 Å². The van der Waals surface area contributed by atoms with E-state index in [1.165, 1.54) is 5.56 Å². The Morgan fingerprint density at radius 3 is 2.53 bits per heavy atom. The van der Waals surface area contributed by atoms with Crippen molar-refractivity contribution in [2.45, 2.75) is 5.32 Å². The van der Waals surface area contributed by atoms with Gasteiger partial charge in [0.25, 0.3) is 0 Å². The number of carbonyl (C=O) groups is 1. The molecule has 0 unspecified atom stereocenters. The summed E-state index contributed by atoms with van der Waals surface area (Å²) < 4.78 is 2.95. The van der Waals surface area contributed by atoms with Gasteiger partial charge >= 0.3 is 106 Å². The molecule has 3 nitrogen and oxygen atoms in total. The summed E-state index contributed by atoms with van der Waals surface area (Å²) in [6, 6.07) is 13.2. The van der Waals surface area contributed by atoms with E-state index in [4.69, 9.17) is 0 Å². The Morgan fingerprint density at radius 1 is 1.12 bits per heavy atom. The molecule has 86 valence electrons. The van der Waals surface area contributed by atoms with Crippen LogP contribution >= 0.6 is 0 Å². The molecule has 0 aliphatic heterocycles. The Kier molecular flexibility index (Phi) is 4.30. The molecule has 0 bridgehead atoms. The van der Waals surface area contributed by atoms with Crippen LogP contribution in [0.1, 0.15) is 15.9 Å². The SMILES string of the molecule is O=C(N[Se]Cc1ccncc1)c1ccccc1. The second-order valence-corrected chi connectivity index (χ2v) is 5.08. The summed E-state index contributed by atoms with van der Waals surface area (Å²) >= 11 is 0.0777. The molecule has 1 N–H and O–H groups in total. The average molecular weight is 291 g/mol. The molecule has 0 atom stereocenters. The zero-order chi connectivity index (χ0) is 11.9. The van der Waals surface area contributed by atoms with E-state index < -0.39 is 0 Å². The van der Waals surface area contributed by atoms with E-state index in [2.05, 4.69) is 9.32 Å². The third-order valence-electron chi connectivity index (χ3n) is 2.19. The van der Waals surface area contributed by atoms with Gasteiger partial charge in [-0.05, 0) is 0 Å². The Balaban J connectivity index is 1.82. The first-order chi connectivity index (χ1) is 8.36. The van der Waals surface area contributed by atoms with Crippen LogP contribution in [0, 0.1) is 0 Å². The second kappa shape index (κ2) is 6.18. The van der Waals surface area contributed by atoms with E-state index >= 15 is 0 Å². The van der Waals surface area contributed by atoms with Crippen molar-refractivity contribution in [3.63, 3.8) is 0 Å². The molecule has 2 rings (SSSR count). The molecule has 4 heteroatoms. The van der Waals surface area contributed by atoms with Crippen LogP contribution in [0.5, 0.6) is 0 Å². The van der Waals surface area contributed by atoms with Crippen LogP contribution in [0.4, 0.5) is 0 Å². The molecule has 1 aromatic carbocycles. The van der Waals surface area contributed by atoms with Gasteiger partial charge in [-0.3, -0.25) is 0 Å². The fourth-order valence-corrected chi connectivity index (χ4v) is 2.74. The molecular formula is C13H12N2OSe. The van der Waals surface area contributed by atoms with Gasteiger partial charge in [0, 0.05) is 0 Å². The number of amides is 1. The Morgan fingerprint density at radius 2 is 1.82 bits per heavy atom. The molecule has 1 heterocycles. The van der Waals surface area contributed by atoms with Gasteiger partial charge in [-0.15, -0.1) is 0 Å². The molecule has 0 saturated carbocycles. The fraction of sp³-hybridized carbons (Fsp3) is 0.0769. The van der Waals surface area contributed by atoms with Gasteiger partial charge in [-0.2, -0.15) is 0 Å². The third kappa shape index (κ3) is 3.70. The molecule has 0 aliphatic carbocycles. The number of aromatic nitrogens is 1. The zero-order valence-electron chi connectivity index (χ0n) is 9.17. The van der Waals surface area contributed by atoms with E-state index in [-0.39, 0.29) is 21.1 Å². The van der Waals surface area contributed by atoms with Gasteiger partial charge in [0.1, 0.15) is 0 Å². The summed E-state index contributed by atoms with van der Waals surface area (Å²) in [6.45, 7) is 0. The molecular weight excluding hydrogens is 279 g/mol. The number of nitrogens with one attached hydrogen (secondary N) is 1. The molecule has 2 aromatic rings. The van der Waals surface area contributed by atoms with Crippen molar-refractivity contribution in [1.82, 2.24) is 9.32 Å². The summed E-state index contributed by atoms with van der Waals surface area (Å²) in [5, 5.41) is 0.883. The minimum atomic E-state index is -0.000318. The predicted octanol–water partition coefficient (Wildman–Crippen LogP) is 1.63. The van der Waals surface area contributed by atoms with E-state index in [1.54, 1.807) is 12.4 Å². The van der Waals surface area contributed by atoms with Crippen molar-refractivity contribution in [3.05, 3.63) is 66.0 Å². The Labute approximate surface area is 107 Å². The van der Waals surface area contributed by atoms with Crippen LogP contribution in [-0.2, 0) is 5.32 Å². The number of hydrogen-bond donors (Lipinski definition) is 1. The maximum atomic E-state index is 11.7. The first-order valence-corrected chi connectivity index (χ1v) is 7.29. The van der Waals surface area contributed by atoms with Gasteiger partial charge < -0.3 is 0 Å². The molecule has 0 spiro atoms. The maximum absolute atomic E-state index is 11.7. The average Bonchev–Trinajstić information content (AvgIpc) is 2.41. The molecule has 0 fully saturated rings. The second-order valence-electron chi connectivity index (χ2n) is 3.44. The van der Waals surface area contributed by atoms with Gasteiger partial charge in [-0.25, -0.2) is 0 Å². The number of benzene rings is 1. The number of pyridine rings is 1. The van der Waals surface area contributed by atoms with E-state index in [1.807, 2.05) is 42.5 Å². The fourth-order valence-electron chi connectivity index (χ4n) is 1.31. The van der Waals surface area contributed by atoms with Crippen molar-refractivity contribution in [2.75, 3.05) is 0 Å². The van der Waals surface area contributed by atoms with Crippen LogP contribution < -0.4 is 4.33 Å². The molecule has 1 amide bonds. The van der Waals surface area contributed by atoms with E-state index in [0.717, 1.165) is 5.32 Å². The number of hydrogen-bond acceptors (Lipinski definition) is 2. The first-order valence-electron chi connectivity index (χ1n) is 5.22. The first kappa shape index (κ1) is 11.8. The van der Waals surface area contributed by atoms with Crippen LogP contribution in [0.3, 0.4) is 0 Å². The Bertz CT molecular complexity index is 473. The molecule has 0 radical (unpaired) electrons. The van der Waals surface area contributed by atoms with Crippen LogP contribution in [-0.4, -0.2) is 26.1 Å². The van der Waals surface area contributed by atoms with Gasteiger partial charge in [0.15, 0.2) is 0 Å². The van der Waals surface area contributed by atoms with Crippen LogP contribution in [0.15, 0.2) is 54.9 Å². The molecule has 0 aliphatic rings. The standard InChI is InChI=1S/C13H12N2OSe/c16-13(12-4-2-1-3-5-12)15-17-10-11-6-8-14-9-7-11/h1-9H,10H2,(H,15,16). The predicted molar refractivity (Wildman–Crippen MR) is 67.6 cm³/mol. The van der Waals surface area contributed by atoms with Crippen molar-refractivity contribution < 1.29 is 4.79 Å². The van der Waals surface area contributed by atoms with Crippen LogP contribution in [0.2, 0.25) is 0 Å². The van der Waals surface area contributed by atoms with Gasteiger partial charge in [0.05, 0.1) is 0 Å². The van der Waals surface area contributed by atoms with Gasteiger partial charge in [0.2, 0.25) is 0 Å². The number of rotatable bonds is 4. The normalized spacial score (nSPS) is 9.88. The summed E-state index contributed by atoms with van der Waals surface area (Å²) in [5.41, 5.74) is 1.91. The summed E-state index contributed by atoms with van der Waals surface area (Å²) in [5.74, 6) is -0.000318. The zero-order valence-corrected chi connectivity index (χ0v) is 10.9. The summed E-state index contributed by atoms with van der Waals surface area (Å²) in [4.78, 5) is 15.7. The Hall–Kier alpha value is -1.64. The quantitative estimate of drug-likeness (QED) is 0.870.